The van der Waals surface area contributed by atoms with Gasteiger partial charge in [0.25, 0.3) is 0 Å². The summed E-state index contributed by atoms with van der Waals surface area (Å²) < 4.78 is 5.21. The molecule has 4 rings (SSSR count). The number of ether oxygens (including phenoxy) is 1. The Labute approximate surface area is 218 Å². The molecule has 2 heterocycles. The van der Waals surface area contributed by atoms with Gasteiger partial charge in [0.2, 0.25) is 11.8 Å². The summed E-state index contributed by atoms with van der Waals surface area (Å²) in [5.41, 5.74) is 2.08. The molecule has 2 aromatic rings. The van der Waals surface area contributed by atoms with Crippen LogP contribution in [0.15, 0.2) is 54.6 Å². The van der Waals surface area contributed by atoms with Gasteiger partial charge in [-0.05, 0) is 35.6 Å². The van der Waals surface area contributed by atoms with Crippen LogP contribution in [0.2, 0.25) is 0 Å². The molecule has 0 radical (unpaired) electrons. The Morgan fingerprint density at radius 2 is 1.81 bits per heavy atom. The van der Waals surface area contributed by atoms with E-state index in [1.54, 1.807) is 29.1 Å². The number of amides is 4. The Morgan fingerprint density at radius 1 is 1.11 bits per heavy atom. The predicted octanol–water partition coefficient (Wildman–Crippen LogP) is 3.04. The molecule has 1 N–H and O–H groups in total. The molecule has 2 aromatic carbocycles. The fraction of sp³-hybridized carbons (Fsp3) is 0.464. The maximum Gasteiger partial charge on any atom is 0.334 e. The Morgan fingerprint density at radius 3 is 2.46 bits per heavy atom. The number of nitrogens with zero attached hydrogens (tertiary/aromatic N) is 4. The van der Waals surface area contributed by atoms with Crippen molar-refractivity contribution in [1.82, 2.24) is 25.1 Å². The number of carbonyl (C=O) groups is 3. The summed E-state index contributed by atoms with van der Waals surface area (Å²) in [6.45, 7) is 5.27. The Kier molecular flexibility index (Phi) is 8.33. The van der Waals surface area contributed by atoms with Crippen LogP contribution < -0.4 is 10.1 Å². The van der Waals surface area contributed by atoms with Crippen molar-refractivity contribution in [3.05, 3.63) is 65.7 Å². The zero-order chi connectivity index (χ0) is 26.5. The number of methoxy groups -OCH3 is 1. The zero-order valence-corrected chi connectivity index (χ0v) is 22.1. The number of urea groups is 1. The van der Waals surface area contributed by atoms with E-state index in [2.05, 4.69) is 24.4 Å². The Bertz CT molecular complexity index is 1090. The summed E-state index contributed by atoms with van der Waals surface area (Å²) in [5, 5.41) is 6.24. The molecular weight excluding hydrogens is 470 g/mol. The van der Waals surface area contributed by atoms with E-state index < -0.39 is 12.2 Å². The minimum absolute atomic E-state index is 0.0420. The maximum absolute atomic E-state index is 13.6. The fourth-order valence-electron chi connectivity index (χ4n) is 5.24. The molecule has 2 saturated heterocycles. The van der Waals surface area contributed by atoms with Gasteiger partial charge in [-0.1, -0.05) is 62.7 Å². The number of benzene rings is 2. The number of fused-ring (bicyclic) bond motifs is 1. The number of rotatable bonds is 8. The van der Waals surface area contributed by atoms with Gasteiger partial charge in [0.15, 0.2) is 0 Å². The van der Waals surface area contributed by atoms with Gasteiger partial charge in [0.1, 0.15) is 18.0 Å². The van der Waals surface area contributed by atoms with Gasteiger partial charge in [0.05, 0.1) is 20.2 Å². The maximum atomic E-state index is 13.6. The molecule has 2 fully saturated rings. The smallest absolute Gasteiger partial charge is 0.334 e. The second-order valence-electron chi connectivity index (χ2n) is 9.81. The molecule has 0 aliphatic carbocycles. The average Bonchev–Trinajstić information content (AvgIpc) is 2.90. The van der Waals surface area contributed by atoms with Crippen molar-refractivity contribution in [1.29, 1.82) is 0 Å². The quantitative estimate of drug-likeness (QED) is 0.594. The van der Waals surface area contributed by atoms with Crippen molar-refractivity contribution >= 4 is 17.8 Å². The molecule has 1 unspecified atom stereocenters. The molecule has 3 atom stereocenters. The number of nitrogens with one attached hydrogen (secondary N) is 1. The first-order valence-electron chi connectivity index (χ1n) is 12.9. The van der Waals surface area contributed by atoms with E-state index in [1.165, 1.54) is 0 Å². The molecule has 9 nitrogen and oxygen atoms in total. The summed E-state index contributed by atoms with van der Waals surface area (Å²) >= 11 is 0. The van der Waals surface area contributed by atoms with Crippen LogP contribution in [-0.4, -0.2) is 83.7 Å². The van der Waals surface area contributed by atoms with Gasteiger partial charge in [-0.3, -0.25) is 9.59 Å². The lowest BCUT2D eigenvalue weighted by molar-refractivity contribution is -0.187. The van der Waals surface area contributed by atoms with Crippen molar-refractivity contribution < 1.29 is 19.1 Å². The van der Waals surface area contributed by atoms with E-state index in [4.69, 9.17) is 4.74 Å². The molecular formula is C28H37N5O4. The molecule has 0 spiro atoms. The Hall–Kier alpha value is -3.59. The molecule has 0 aromatic heterocycles. The van der Waals surface area contributed by atoms with Gasteiger partial charge in [-0.2, -0.15) is 0 Å². The van der Waals surface area contributed by atoms with Crippen molar-refractivity contribution in [2.75, 3.05) is 33.8 Å². The second-order valence-corrected chi connectivity index (χ2v) is 9.81. The third kappa shape index (κ3) is 5.72. The van der Waals surface area contributed by atoms with Crippen LogP contribution >= 0.6 is 0 Å². The number of likely N-dealkylation sites (N-methyl/N-ethyl adjacent to an activating group) is 1. The summed E-state index contributed by atoms with van der Waals surface area (Å²) in [6, 6.07) is 16.7. The van der Waals surface area contributed by atoms with Crippen LogP contribution in [0.5, 0.6) is 5.75 Å². The number of piperazine rings is 1. The van der Waals surface area contributed by atoms with Gasteiger partial charge >= 0.3 is 6.03 Å². The minimum atomic E-state index is -0.579. The number of hydrazine groups is 1. The van der Waals surface area contributed by atoms with Gasteiger partial charge < -0.3 is 19.9 Å². The second kappa shape index (κ2) is 11.6. The van der Waals surface area contributed by atoms with Crippen molar-refractivity contribution in [3.8, 4) is 5.75 Å². The van der Waals surface area contributed by atoms with Gasteiger partial charge in [0, 0.05) is 20.1 Å². The summed E-state index contributed by atoms with van der Waals surface area (Å²) in [4.78, 5) is 43.7. The predicted molar refractivity (Wildman–Crippen MR) is 140 cm³/mol. The van der Waals surface area contributed by atoms with Gasteiger partial charge in [-0.15, -0.1) is 0 Å². The molecule has 2 aliphatic rings. The van der Waals surface area contributed by atoms with E-state index in [0.29, 0.717) is 19.5 Å². The van der Waals surface area contributed by atoms with E-state index in [9.17, 15) is 14.4 Å². The molecule has 4 amide bonds. The Balaban J connectivity index is 1.55. The van der Waals surface area contributed by atoms with Gasteiger partial charge in [-0.25, -0.2) is 14.8 Å². The molecule has 0 bridgehead atoms. The first kappa shape index (κ1) is 26.5. The van der Waals surface area contributed by atoms with E-state index >= 15 is 0 Å². The highest BCUT2D eigenvalue weighted by molar-refractivity contribution is 5.91. The number of carbonyl (C=O) groups excluding carboxylic acids is 3. The molecule has 9 heteroatoms. The average molecular weight is 508 g/mol. The largest absolute Gasteiger partial charge is 0.497 e. The summed E-state index contributed by atoms with van der Waals surface area (Å²) in [6.07, 6.45) is 0.746. The number of hydrogen-bond acceptors (Lipinski definition) is 5. The number of hydrogen-bond donors (Lipinski definition) is 1. The SMILES string of the molecule is CCC[C@H]1C(=O)N(CC(C)c2ccccc2)C[C@H]2N1C(=O)CN(C)N2C(=O)NCc1ccc(OC)cc1. The van der Waals surface area contributed by atoms with Crippen LogP contribution in [0, 0.1) is 0 Å². The van der Waals surface area contributed by atoms with Crippen LogP contribution in [-0.2, 0) is 16.1 Å². The fourth-order valence-corrected chi connectivity index (χ4v) is 5.24. The lowest BCUT2D eigenvalue weighted by Crippen LogP contribution is -2.76. The zero-order valence-electron chi connectivity index (χ0n) is 22.1. The van der Waals surface area contributed by atoms with Crippen molar-refractivity contribution in [2.24, 2.45) is 0 Å². The van der Waals surface area contributed by atoms with Crippen LogP contribution in [0.1, 0.15) is 43.7 Å². The molecule has 37 heavy (non-hydrogen) atoms. The molecule has 198 valence electrons. The first-order valence-corrected chi connectivity index (χ1v) is 12.9. The summed E-state index contributed by atoms with van der Waals surface area (Å²) in [7, 11) is 3.35. The molecule has 0 saturated carbocycles. The monoisotopic (exact) mass is 507 g/mol. The van der Waals surface area contributed by atoms with E-state index in [1.807, 2.05) is 54.3 Å². The van der Waals surface area contributed by atoms with Crippen LogP contribution in [0.25, 0.3) is 0 Å². The third-order valence-electron chi connectivity index (χ3n) is 7.18. The molecule has 2 aliphatic heterocycles. The third-order valence-corrected chi connectivity index (χ3v) is 7.18. The summed E-state index contributed by atoms with van der Waals surface area (Å²) in [5.74, 6) is 0.693. The topological polar surface area (TPSA) is 85.4 Å². The highest BCUT2D eigenvalue weighted by Crippen LogP contribution is 2.29. The van der Waals surface area contributed by atoms with Crippen LogP contribution in [0.4, 0.5) is 4.79 Å². The van der Waals surface area contributed by atoms with Crippen LogP contribution in [0.3, 0.4) is 0 Å². The normalized spacial score (nSPS) is 21.0. The van der Waals surface area contributed by atoms with Crippen molar-refractivity contribution in [2.45, 2.75) is 51.4 Å². The lowest BCUT2D eigenvalue weighted by atomic mass is 9.97. The van der Waals surface area contributed by atoms with E-state index in [0.717, 1.165) is 23.3 Å². The van der Waals surface area contributed by atoms with Crippen molar-refractivity contribution in [3.63, 3.8) is 0 Å². The highest BCUT2D eigenvalue weighted by atomic mass is 16.5. The standard InChI is InChI=1S/C28H37N5O4/c1-5-9-24-27(35)31(17-20(2)22-10-7-6-8-11-22)18-25-32(24)26(34)19-30(3)33(25)28(36)29-16-21-12-14-23(37-4)15-13-21/h6-8,10-15,20,24-25H,5,9,16-19H2,1-4H3,(H,29,36)/t20?,24-,25-/m0/s1. The highest BCUT2D eigenvalue weighted by Gasteiger charge is 2.50. The first-order chi connectivity index (χ1) is 17.8. The minimum Gasteiger partial charge on any atom is -0.497 e. The lowest BCUT2D eigenvalue weighted by Gasteiger charge is -2.54. The van der Waals surface area contributed by atoms with E-state index in [-0.39, 0.29) is 36.9 Å².